The monoisotopic (exact) mass is 414 g/mol. The van der Waals surface area contributed by atoms with Gasteiger partial charge in [-0.3, -0.25) is 4.79 Å². The molecule has 26 heavy (non-hydrogen) atoms. The van der Waals surface area contributed by atoms with Crippen molar-refractivity contribution < 1.29 is 14.3 Å². The molecule has 0 unspecified atom stereocenters. The van der Waals surface area contributed by atoms with Gasteiger partial charge in [-0.25, -0.2) is 4.79 Å². The minimum atomic E-state index is -0.770. The van der Waals surface area contributed by atoms with Crippen LogP contribution < -0.4 is 4.90 Å². The normalized spacial score (nSPS) is 15.3. The van der Waals surface area contributed by atoms with Crippen molar-refractivity contribution in [3.05, 3.63) is 64.1 Å². The van der Waals surface area contributed by atoms with Gasteiger partial charge >= 0.3 is 6.09 Å². The van der Waals surface area contributed by atoms with Crippen molar-refractivity contribution in [3.63, 3.8) is 0 Å². The molecule has 1 aliphatic rings. The Kier molecular flexibility index (Phi) is 4.96. The summed E-state index contributed by atoms with van der Waals surface area (Å²) in [5.74, 6) is -0.312. The molecule has 2 aromatic rings. The number of hydrogen-bond acceptors (Lipinski definition) is 3. The molecule has 0 spiro atoms. The van der Waals surface area contributed by atoms with Gasteiger partial charge in [0.2, 0.25) is 0 Å². The number of halogens is 1. The molecule has 0 saturated carbocycles. The highest BCUT2D eigenvalue weighted by Gasteiger charge is 2.35. The summed E-state index contributed by atoms with van der Waals surface area (Å²) < 4.78 is 6.05. The van der Waals surface area contributed by atoms with E-state index in [4.69, 9.17) is 4.74 Å². The number of anilines is 1. The summed E-state index contributed by atoms with van der Waals surface area (Å²) in [6.45, 7) is 5.68. The maximum absolute atomic E-state index is 13.0. The molecule has 1 heterocycles. The Morgan fingerprint density at radius 3 is 2.50 bits per heavy atom. The van der Waals surface area contributed by atoms with E-state index in [1.54, 1.807) is 31.7 Å². The summed E-state index contributed by atoms with van der Waals surface area (Å²) in [5, 5.41) is 0. The zero-order valence-electron chi connectivity index (χ0n) is 14.8. The molecule has 0 N–H and O–H groups in total. The van der Waals surface area contributed by atoms with E-state index >= 15 is 0 Å². The Hall–Kier alpha value is -2.47. The van der Waals surface area contributed by atoms with Crippen molar-refractivity contribution in [1.29, 1.82) is 0 Å². The number of aliphatic imine (C=N–C) groups is 1. The third-order valence-corrected chi connectivity index (χ3v) is 4.23. The van der Waals surface area contributed by atoms with E-state index in [9.17, 15) is 9.59 Å². The lowest BCUT2D eigenvalue weighted by Gasteiger charge is -2.17. The van der Waals surface area contributed by atoms with Crippen LogP contribution in [-0.4, -0.2) is 23.3 Å². The molecule has 3 rings (SSSR count). The summed E-state index contributed by atoms with van der Waals surface area (Å²) in [6.07, 6.45) is -0.770. The van der Waals surface area contributed by atoms with Crippen LogP contribution in [0.1, 0.15) is 31.9 Å². The predicted octanol–water partition coefficient (Wildman–Crippen LogP) is 4.72. The quantitative estimate of drug-likeness (QED) is 0.713. The SMILES string of the molecule is CC(C)(C)OC(=O)/N=C1/C(=O)N(Cc2ccccc2)c2ccc(Br)cc21. The predicted molar refractivity (Wildman–Crippen MR) is 105 cm³/mol. The fourth-order valence-electron chi connectivity index (χ4n) is 2.69. The van der Waals surface area contributed by atoms with Crippen molar-refractivity contribution in [1.82, 2.24) is 0 Å². The van der Waals surface area contributed by atoms with E-state index in [1.165, 1.54) is 0 Å². The molecule has 1 aliphatic heterocycles. The van der Waals surface area contributed by atoms with Crippen LogP contribution in [0.2, 0.25) is 0 Å². The standard InChI is InChI=1S/C20H19BrN2O3/c1-20(2,3)26-19(25)22-17-15-11-14(21)9-10-16(15)23(18(17)24)12-13-7-5-4-6-8-13/h4-11H,12H2,1-3H3/b22-17+. The second-order valence-electron chi connectivity index (χ2n) is 6.98. The third-order valence-electron chi connectivity index (χ3n) is 3.73. The van der Waals surface area contributed by atoms with Crippen LogP contribution in [0.3, 0.4) is 0 Å². The number of carbonyl (C=O) groups is 2. The molecular weight excluding hydrogens is 396 g/mol. The molecule has 0 aliphatic carbocycles. The number of hydrogen-bond donors (Lipinski definition) is 0. The van der Waals surface area contributed by atoms with Gasteiger partial charge in [0.25, 0.3) is 5.91 Å². The fourth-order valence-corrected chi connectivity index (χ4v) is 3.05. The van der Waals surface area contributed by atoms with Crippen LogP contribution in [0.25, 0.3) is 0 Å². The molecule has 6 heteroatoms. The molecule has 0 bridgehead atoms. The Bertz CT molecular complexity index is 886. The van der Waals surface area contributed by atoms with E-state index in [0.717, 1.165) is 15.7 Å². The maximum atomic E-state index is 13.0. The number of ether oxygens (including phenoxy) is 1. The Morgan fingerprint density at radius 2 is 1.85 bits per heavy atom. The number of nitrogens with zero attached hydrogens (tertiary/aromatic N) is 2. The van der Waals surface area contributed by atoms with Crippen molar-refractivity contribution in [3.8, 4) is 0 Å². The summed E-state index contributed by atoms with van der Waals surface area (Å²) in [7, 11) is 0. The number of fused-ring (bicyclic) bond motifs is 1. The van der Waals surface area contributed by atoms with Crippen molar-refractivity contribution in [2.75, 3.05) is 4.90 Å². The van der Waals surface area contributed by atoms with Gasteiger partial charge in [-0.1, -0.05) is 46.3 Å². The summed E-state index contributed by atoms with van der Waals surface area (Å²) in [6, 6.07) is 15.2. The number of amides is 2. The third kappa shape index (κ3) is 4.02. The molecular formula is C20H19BrN2O3. The van der Waals surface area contributed by atoms with Crippen LogP contribution in [-0.2, 0) is 16.1 Å². The van der Waals surface area contributed by atoms with Gasteiger partial charge in [0.15, 0.2) is 0 Å². The van der Waals surface area contributed by atoms with Gasteiger partial charge in [0.1, 0.15) is 11.3 Å². The van der Waals surface area contributed by atoms with Gasteiger partial charge in [-0.15, -0.1) is 0 Å². The lowest BCUT2D eigenvalue weighted by Crippen LogP contribution is -2.30. The smallest absolute Gasteiger partial charge is 0.434 e. The molecule has 0 fully saturated rings. The Balaban J connectivity index is 1.98. The zero-order valence-corrected chi connectivity index (χ0v) is 16.4. The van der Waals surface area contributed by atoms with Crippen LogP contribution in [0.4, 0.5) is 10.5 Å². The highest BCUT2D eigenvalue weighted by atomic mass is 79.9. The summed E-state index contributed by atoms with van der Waals surface area (Å²) >= 11 is 3.41. The zero-order chi connectivity index (χ0) is 18.9. The first-order valence-corrected chi connectivity index (χ1v) is 9.01. The second-order valence-corrected chi connectivity index (χ2v) is 7.89. The van der Waals surface area contributed by atoms with Crippen molar-refractivity contribution in [2.24, 2.45) is 4.99 Å². The van der Waals surface area contributed by atoms with Crippen molar-refractivity contribution in [2.45, 2.75) is 32.9 Å². The first kappa shape index (κ1) is 18.3. The van der Waals surface area contributed by atoms with E-state index in [-0.39, 0.29) is 11.6 Å². The van der Waals surface area contributed by atoms with E-state index in [1.807, 2.05) is 42.5 Å². The van der Waals surface area contributed by atoms with Crippen LogP contribution >= 0.6 is 15.9 Å². The van der Waals surface area contributed by atoms with Gasteiger partial charge in [0, 0.05) is 10.0 Å². The van der Waals surface area contributed by atoms with Gasteiger partial charge < -0.3 is 9.64 Å². The highest BCUT2D eigenvalue weighted by molar-refractivity contribution is 9.10. The molecule has 2 amide bonds. The lowest BCUT2D eigenvalue weighted by molar-refractivity contribution is -0.112. The molecule has 0 radical (unpaired) electrons. The van der Waals surface area contributed by atoms with Crippen LogP contribution in [0.15, 0.2) is 58.0 Å². The molecule has 0 aromatic heterocycles. The Labute approximate surface area is 160 Å². The lowest BCUT2D eigenvalue weighted by atomic mass is 10.1. The van der Waals surface area contributed by atoms with E-state index in [2.05, 4.69) is 20.9 Å². The number of rotatable bonds is 2. The second kappa shape index (κ2) is 7.03. The fraction of sp³-hybridized carbons (Fsp3) is 0.250. The van der Waals surface area contributed by atoms with Crippen molar-refractivity contribution >= 4 is 39.3 Å². The minimum Gasteiger partial charge on any atom is -0.442 e. The molecule has 2 aromatic carbocycles. The maximum Gasteiger partial charge on any atom is 0.434 e. The molecule has 134 valence electrons. The number of carbonyl (C=O) groups excluding carboxylic acids is 2. The van der Waals surface area contributed by atoms with Crippen LogP contribution in [0.5, 0.6) is 0 Å². The number of benzene rings is 2. The highest BCUT2D eigenvalue weighted by Crippen LogP contribution is 2.33. The minimum absolute atomic E-state index is 0.103. The molecule has 5 nitrogen and oxygen atoms in total. The van der Waals surface area contributed by atoms with Gasteiger partial charge in [0.05, 0.1) is 12.2 Å². The first-order chi connectivity index (χ1) is 12.2. The van der Waals surface area contributed by atoms with Gasteiger partial charge in [-0.2, -0.15) is 4.99 Å². The van der Waals surface area contributed by atoms with E-state index < -0.39 is 11.7 Å². The molecule has 0 atom stereocenters. The largest absolute Gasteiger partial charge is 0.442 e. The summed E-state index contributed by atoms with van der Waals surface area (Å²) in [4.78, 5) is 30.7. The Morgan fingerprint density at radius 1 is 1.15 bits per heavy atom. The summed E-state index contributed by atoms with van der Waals surface area (Å²) in [5.41, 5.74) is 1.77. The van der Waals surface area contributed by atoms with E-state index in [0.29, 0.717) is 12.1 Å². The van der Waals surface area contributed by atoms with Gasteiger partial charge in [-0.05, 0) is 44.5 Å². The molecule has 0 saturated heterocycles. The topological polar surface area (TPSA) is 59.0 Å². The average Bonchev–Trinajstić information content (AvgIpc) is 2.79. The average molecular weight is 415 g/mol. The van der Waals surface area contributed by atoms with Crippen LogP contribution in [0, 0.1) is 0 Å². The first-order valence-electron chi connectivity index (χ1n) is 8.22.